The first-order valence-corrected chi connectivity index (χ1v) is 14.3. The van der Waals surface area contributed by atoms with Crippen LogP contribution in [0.5, 0.6) is 0 Å². The van der Waals surface area contributed by atoms with Crippen LogP contribution in [0.3, 0.4) is 0 Å². The molecule has 2 saturated heterocycles. The summed E-state index contributed by atoms with van der Waals surface area (Å²) < 4.78 is 5.51. The number of hydrogen-bond acceptors (Lipinski definition) is 7. The predicted molar refractivity (Wildman–Crippen MR) is 155 cm³/mol. The summed E-state index contributed by atoms with van der Waals surface area (Å²) in [6, 6.07) is 9.67. The molecule has 1 aromatic carbocycles. The number of morpholine rings is 1. The second-order valence-corrected chi connectivity index (χ2v) is 12.4. The number of aromatic nitrogens is 1. The van der Waals surface area contributed by atoms with Crippen LogP contribution in [-0.2, 0) is 26.2 Å². The van der Waals surface area contributed by atoms with Gasteiger partial charge in [-0.2, -0.15) is 0 Å². The third kappa shape index (κ3) is 6.26. The Bertz CT molecular complexity index is 1310. The van der Waals surface area contributed by atoms with Crippen molar-refractivity contribution in [3.8, 4) is 0 Å². The molecule has 5 rings (SSSR count). The van der Waals surface area contributed by atoms with Crippen molar-refractivity contribution in [3.63, 3.8) is 0 Å². The van der Waals surface area contributed by atoms with Crippen LogP contribution >= 0.6 is 11.6 Å². The van der Waals surface area contributed by atoms with Crippen molar-refractivity contribution < 1.29 is 14.3 Å². The first-order chi connectivity index (χ1) is 19.0. The van der Waals surface area contributed by atoms with E-state index in [1.807, 2.05) is 35.2 Å². The van der Waals surface area contributed by atoms with Gasteiger partial charge in [-0.3, -0.25) is 24.2 Å². The van der Waals surface area contributed by atoms with Gasteiger partial charge in [0.2, 0.25) is 11.8 Å². The Morgan fingerprint density at radius 1 is 1.20 bits per heavy atom. The standard InChI is InChI=1S/C29H39ClN6O4/c1-18-13-35(22(12-32-18)14-34-8-9-40-24(15-34)27(31)38)16-25(37)36-17-29(2,3)26-23(36)11-20(28(39)33-26)10-19-4-6-21(30)7-5-19/h4-7,11,18,22,24,32H,8-10,12-17H2,1-3H3,(H2,31,38)(H,33,39)/t18-,22-,24?/m1/s1. The first-order valence-electron chi connectivity index (χ1n) is 13.9. The molecule has 0 spiro atoms. The second kappa shape index (κ2) is 11.6. The van der Waals surface area contributed by atoms with Crippen LogP contribution in [0.25, 0.3) is 0 Å². The van der Waals surface area contributed by atoms with E-state index in [1.54, 1.807) is 0 Å². The Morgan fingerprint density at radius 2 is 1.95 bits per heavy atom. The number of piperazine rings is 1. The predicted octanol–water partition coefficient (Wildman–Crippen LogP) is 1.09. The summed E-state index contributed by atoms with van der Waals surface area (Å²) in [6.07, 6.45) is -0.155. The molecular weight excluding hydrogens is 532 g/mol. The lowest BCUT2D eigenvalue weighted by Crippen LogP contribution is -2.62. The van der Waals surface area contributed by atoms with Crippen LogP contribution in [0.2, 0.25) is 5.02 Å². The molecule has 0 saturated carbocycles. The highest BCUT2D eigenvalue weighted by Crippen LogP contribution is 2.39. The summed E-state index contributed by atoms with van der Waals surface area (Å²) in [6.45, 7) is 10.8. The average molecular weight is 571 g/mol. The van der Waals surface area contributed by atoms with Gasteiger partial charge in [0.1, 0.15) is 6.10 Å². The quantitative estimate of drug-likeness (QED) is 0.455. The zero-order chi connectivity index (χ0) is 28.6. The van der Waals surface area contributed by atoms with Gasteiger partial charge in [-0.15, -0.1) is 0 Å². The monoisotopic (exact) mass is 570 g/mol. The van der Waals surface area contributed by atoms with Crippen LogP contribution in [-0.4, -0.2) is 97.2 Å². The molecule has 2 aromatic rings. The number of hydrogen-bond donors (Lipinski definition) is 3. The number of ether oxygens (including phenoxy) is 1. The topological polar surface area (TPSA) is 124 Å². The number of nitrogens with two attached hydrogens (primary N) is 1. The van der Waals surface area contributed by atoms with Crippen LogP contribution < -0.4 is 21.5 Å². The molecule has 2 amide bonds. The molecule has 0 bridgehead atoms. The van der Waals surface area contributed by atoms with Gasteiger partial charge in [0, 0.05) is 79.5 Å². The third-order valence-corrected chi connectivity index (χ3v) is 8.48. The van der Waals surface area contributed by atoms with E-state index < -0.39 is 12.0 Å². The maximum atomic E-state index is 13.9. The summed E-state index contributed by atoms with van der Waals surface area (Å²) in [4.78, 5) is 48.0. The van der Waals surface area contributed by atoms with Crippen LogP contribution in [0.1, 0.15) is 37.6 Å². The summed E-state index contributed by atoms with van der Waals surface area (Å²) >= 11 is 6.03. The fourth-order valence-electron chi connectivity index (χ4n) is 6.03. The fraction of sp³-hybridized carbons (Fsp3) is 0.552. The molecule has 3 aliphatic rings. The highest BCUT2D eigenvalue weighted by Gasteiger charge is 2.41. The number of aromatic amines is 1. The van der Waals surface area contributed by atoms with Crippen molar-refractivity contribution in [1.82, 2.24) is 20.1 Å². The number of rotatable bonds is 7. The summed E-state index contributed by atoms with van der Waals surface area (Å²) in [5.74, 6) is -0.441. The van der Waals surface area contributed by atoms with Crippen molar-refractivity contribution in [2.24, 2.45) is 5.73 Å². The highest BCUT2D eigenvalue weighted by atomic mass is 35.5. The van der Waals surface area contributed by atoms with E-state index in [9.17, 15) is 14.4 Å². The minimum Gasteiger partial charge on any atom is -0.367 e. The van der Waals surface area contributed by atoms with Gasteiger partial charge in [-0.1, -0.05) is 37.6 Å². The SMILES string of the molecule is C[C@@H]1CN(CC(=O)N2CC(C)(C)c3[nH]c(=O)c(Cc4ccc(Cl)cc4)cc32)[C@@H](CN2CCOC(C(N)=O)C2)CN1. The molecular formula is C29H39ClN6O4. The Balaban J connectivity index is 1.34. The number of pyridine rings is 1. The van der Waals surface area contributed by atoms with E-state index in [0.717, 1.165) is 36.6 Å². The Morgan fingerprint density at radius 3 is 2.67 bits per heavy atom. The normalized spacial score (nSPS) is 25.1. The van der Waals surface area contributed by atoms with E-state index in [-0.39, 0.29) is 35.5 Å². The fourth-order valence-corrected chi connectivity index (χ4v) is 6.15. The van der Waals surface area contributed by atoms with Crippen molar-refractivity contribution in [1.29, 1.82) is 0 Å². The molecule has 4 heterocycles. The Labute approximate surface area is 239 Å². The number of fused-ring (bicyclic) bond motifs is 1. The molecule has 40 heavy (non-hydrogen) atoms. The molecule has 4 N–H and O–H groups in total. The molecule has 10 nitrogen and oxygen atoms in total. The third-order valence-electron chi connectivity index (χ3n) is 8.23. The lowest BCUT2D eigenvalue weighted by molar-refractivity contribution is -0.135. The number of amides is 2. The molecule has 216 valence electrons. The van der Waals surface area contributed by atoms with Gasteiger partial charge in [0.05, 0.1) is 18.8 Å². The minimum atomic E-state index is -0.605. The Hall–Kier alpha value is -2.76. The number of carbonyl (C=O) groups excluding carboxylic acids is 2. The number of H-pyrrole nitrogens is 1. The summed E-state index contributed by atoms with van der Waals surface area (Å²) in [7, 11) is 0. The maximum absolute atomic E-state index is 13.9. The van der Waals surface area contributed by atoms with Gasteiger partial charge in [0.15, 0.2) is 0 Å². The number of anilines is 1. The van der Waals surface area contributed by atoms with Crippen LogP contribution in [0.15, 0.2) is 35.1 Å². The zero-order valence-electron chi connectivity index (χ0n) is 23.4. The Kier molecular flexibility index (Phi) is 8.35. The number of carbonyl (C=O) groups is 2. The van der Waals surface area contributed by atoms with E-state index >= 15 is 0 Å². The second-order valence-electron chi connectivity index (χ2n) is 12.0. The first kappa shape index (κ1) is 28.8. The van der Waals surface area contributed by atoms with Crippen LogP contribution in [0, 0.1) is 0 Å². The molecule has 1 aromatic heterocycles. The number of nitrogens with zero attached hydrogens (tertiary/aromatic N) is 3. The summed E-state index contributed by atoms with van der Waals surface area (Å²) in [5, 5.41) is 4.18. The number of benzene rings is 1. The van der Waals surface area contributed by atoms with Gasteiger partial charge >= 0.3 is 0 Å². The van der Waals surface area contributed by atoms with Gasteiger partial charge < -0.3 is 25.7 Å². The lowest BCUT2D eigenvalue weighted by atomic mass is 9.91. The highest BCUT2D eigenvalue weighted by molar-refractivity contribution is 6.30. The largest absolute Gasteiger partial charge is 0.367 e. The minimum absolute atomic E-state index is 0.00686. The van der Waals surface area contributed by atoms with E-state index in [2.05, 4.69) is 40.9 Å². The van der Waals surface area contributed by atoms with E-state index in [0.29, 0.717) is 43.2 Å². The summed E-state index contributed by atoms with van der Waals surface area (Å²) in [5.41, 5.74) is 8.13. The van der Waals surface area contributed by atoms with Crippen molar-refractivity contribution in [2.45, 2.75) is 50.8 Å². The number of primary amides is 1. The molecule has 0 radical (unpaired) electrons. The van der Waals surface area contributed by atoms with Gasteiger partial charge in [-0.25, -0.2) is 0 Å². The number of halogens is 1. The van der Waals surface area contributed by atoms with E-state index in [1.165, 1.54) is 0 Å². The average Bonchev–Trinajstić information content (AvgIpc) is 3.17. The van der Waals surface area contributed by atoms with Crippen molar-refractivity contribution in [2.75, 3.05) is 57.3 Å². The van der Waals surface area contributed by atoms with E-state index in [4.69, 9.17) is 22.1 Å². The molecule has 3 atom stereocenters. The molecule has 0 aliphatic carbocycles. The number of nitrogens with one attached hydrogen (secondary N) is 2. The molecule has 3 aliphatic heterocycles. The zero-order valence-corrected chi connectivity index (χ0v) is 24.2. The molecule has 1 unspecified atom stereocenters. The smallest absolute Gasteiger partial charge is 0.251 e. The molecule has 2 fully saturated rings. The van der Waals surface area contributed by atoms with Gasteiger partial charge in [0.25, 0.3) is 5.56 Å². The lowest BCUT2D eigenvalue weighted by Gasteiger charge is -2.43. The van der Waals surface area contributed by atoms with Gasteiger partial charge in [-0.05, 0) is 30.7 Å². The maximum Gasteiger partial charge on any atom is 0.251 e. The molecule has 11 heteroatoms. The van der Waals surface area contributed by atoms with Crippen molar-refractivity contribution >= 4 is 29.1 Å². The van der Waals surface area contributed by atoms with Crippen LogP contribution in [0.4, 0.5) is 5.69 Å². The van der Waals surface area contributed by atoms with Crippen molar-refractivity contribution in [3.05, 3.63) is 62.5 Å².